The van der Waals surface area contributed by atoms with Crippen LogP contribution in [0.2, 0.25) is 0 Å². The number of nitrogens with one attached hydrogen (secondary N) is 2. The Labute approximate surface area is 283 Å². The van der Waals surface area contributed by atoms with E-state index in [1.807, 2.05) is 0 Å². The molecule has 13 N–H and O–H groups in total. The van der Waals surface area contributed by atoms with Crippen LogP contribution in [0.15, 0.2) is 0 Å². The predicted molar refractivity (Wildman–Crippen MR) is 152 cm³/mol. The van der Waals surface area contributed by atoms with Crippen molar-refractivity contribution in [3.63, 3.8) is 0 Å². The van der Waals surface area contributed by atoms with E-state index in [4.69, 9.17) is 28.2 Å². The van der Waals surface area contributed by atoms with Crippen LogP contribution in [-0.2, 0) is 52.7 Å². The van der Waals surface area contributed by atoms with Crippen LogP contribution in [0.4, 0.5) is 0 Å². The van der Waals surface area contributed by atoms with Crippen LogP contribution < -0.4 is 10.6 Å². The minimum absolute atomic E-state index is 0.791. The summed E-state index contributed by atoms with van der Waals surface area (Å²) < 4.78 is 63.0. The molecule has 290 valence electrons. The molecule has 3 saturated heterocycles. The number of carbonyl (C=O) groups excluding carboxylic acids is 2. The Morgan fingerprint density at radius 3 is 2.02 bits per heavy atom. The molecule has 3 fully saturated rings. The number of aliphatic hydroxyl groups is 9. The molecule has 3 aliphatic heterocycles. The van der Waals surface area contributed by atoms with E-state index in [2.05, 4.69) is 14.8 Å². The smallest absolute Gasteiger partial charge is 0.397 e. The molecule has 16 atom stereocenters. The van der Waals surface area contributed by atoms with Gasteiger partial charge in [-0.1, -0.05) is 0 Å². The summed E-state index contributed by atoms with van der Waals surface area (Å²) in [5, 5.41) is 109. The molecular weight excluding hydrogens is 712 g/mol. The van der Waals surface area contributed by atoms with Gasteiger partial charge in [0.15, 0.2) is 12.6 Å². The molecule has 50 heavy (non-hydrogen) atoms. The lowest BCUT2D eigenvalue weighted by Gasteiger charge is -2.50. The molecule has 2 amide bonds. The minimum atomic E-state index is -5.15. The SMILES string of the molecule is CC(=O)N[C@@H]1[C@@H](O)[C@H](O[C@@H]2O[C@H](CO)[C@H](O)[C@H](O[C@]3(C(=O)O)C[C@H](O)[C@@H](NC(C)=O)[C@H]([C@H](O)[C@H](O)CO)O3)[C@H]2O)[C@@H](COS(=O)(=O)O)O[C@H]1O. The van der Waals surface area contributed by atoms with Gasteiger partial charge in [-0.2, -0.15) is 8.42 Å². The van der Waals surface area contributed by atoms with Gasteiger partial charge >= 0.3 is 16.4 Å². The van der Waals surface area contributed by atoms with Crippen LogP contribution in [-0.4, -0.2) is 199 Å². The minimum Gasteiger partial charge on any atom is -0.477 e. The molecule has 3 aliphatic rings. The van der Waals surface area contributed by atoms with Gasteiger partial charge in [0.2, 0.25) is 11.8 Å². The fraction of sp³-hybridized carbons (Fsp3) is 0.880. The topological polar surface area (TPSA) is 387 Å². The van der Waals surface area contributed by atoms with E-state index in [1.54, 1.807) is 0 Å². The molecule has 0 spiro atoms. The summed E-state index contributed by atoms with van der Waals surface area (Å²) in [6.07, 6.45) is -27.7. The van der Waals surface area contributed by atoms with Gasteiger partial charge in [-0.25, -0.2) is 8.98 Å². The normalized spacial score (nSPS) is 40.8. The standard InChI is InChI=1S/C25H42N2O22S/c1-7(30)26-13-9(32)3-25(24(39)40,48-20(13)15(34)10(33)4-28)49-21-16(35)11(5-29)46-23(18(21)37)47-19-12(6-44-50(41,42)43)45-22(38)14(17(19)36)27-8(2)31/h9-23,28-29,32-38H,3-6H2,1-2H3,(H,26,30)(H,27,31)(H,39,40)(H,41,42,43)/t9-,10+,11+,12+,13+,14+,15+,16-,17+,18+,19+,20+,21-,22+,23-,25-/m0/s1. The Kier molecular flexibility index (Phi) is 14.4. The van der Waals surface area contributed by atoms with Gasteiger partial charge in [0.05, 0.1) is 32.0 Å². The first kappa shape index (κ1) is 42.1. The maximum atomic E-state index is 12.7. The van der Waals surface area contributed by atoms with Crippen molar-refractivity contribution in [2.75, 3.05) is 19.8 Å². The molecule has 0 radical (unpaired) electrons. The maximum absolute atomic E-state index is 12.7. The molecule has 0 aliphatic carbocycles. The van der Waals surface area contributed by atoms with Gasteiger partial charge in [0.25, 0.3) is 5.79 Å². The molecule has 0 aromatic heterocycles. The summed E-state index contributed by atoms with van der Waals surface area (Å²) in [5.74, 6) is -6.74. The largest absolute Gasteiger partial charge is 0.477 e. The van der Waals surface area contributed by atoms with Crippen molar-refractivity contribution < 1.29 is 106 Å². The number of carboxylic acid groups (broad SMARTS) is 1. The van der Waals surface area contributed by atoms with Gasteiger partial charge in [0.1, 0.15) is 67.1 Å². The van der Waals surface area contributed by atoms with E-state index in [0.717, 1.165) is 13.8 Å². The Morgan fingerprint density at radius 2 is 1.50 bits per heavy atom. The number of rotatable bonds is 14. The third-order valence-corrected chi connectivity index (χ3v) is 8.50. The first-order valence-corrected chi connectivity index (χ1v) is 16.2. The average Bonchev–Trinajstić information content (AvgIpc) is 3.02. The van der Waals surface area contributed by atoms with E-state index in [9.17, 15) is 73.9 Å². The van der Waals surface area contributed by atoms with Gasteiger partial charge < -0.3 is 85.4 Å². The van der Waals surface area contributed by atoms with Crippen molar-refractivity contribution in [2.24, 2.45) is 0 Å². The molecular formula is C25H42N2O22S. The van der Waals surface area contributed by atoms with E-state index in [-0.39, 0.29) is 0 Å². The molecule has 0 saturated carbocycles. The van der Waals surface area contributed by atoms with Gasteiger partial charge in [-0.05, 0) is 0 Å². The molecule has 0 aromatic carbocycles. The highest BCUT2D eigenvalue weighted by Crippen LogP contribution is 2.38. The lowest BCUT2D eigenvalue weighted by Crippen LogP contribution is -2.71. The Hall–Kier alpha value is -2.28. The quantitative estimate of drug-likeness (QED) is 0.0732. The number of hydrogen-bond donors (Lipinski definition) is 13. The highest BCUT2D eigenvalue weighted by Gasteiger charge is 2.60. The Morgan fingerprint density at radius 1 is 0.900 bits per heavy atom. The van der Waals surface area contributed by atoms with Crippen molar-refractivity contribution in [3.8, 4) is 0 Å². The summed E-state index contributed by atoms with van der Waals surface area (Å²) in [5.41, 5.74) is 0. The van der Waals surface area contributed by atoms with Crippen LogP contribution in [0.1, 0.15) is 20.3 Å². The summed E-state index contributed by atoms with van der Waals surface area (Å²) in [6.45, 7) is -1.30. The van der Waals surface area contributed by atoms with Gasteiger partial charge in [-0.15, -0.1) is 0 Å². The second kappa shape index (κ2) is 17.0. The molecule has 0 unspecified atom stereocenters. The van der Waals surface area contributed by atoms with E-state index in [0.29, 0.717) is 0 Å². The number of aliphatic carboxylic acids is 1. The molecule has 3 heterocycles. The van der Waals surface area contributed by atoms with Crippen molar-refractivity contribution in [1.29, 1.82) is 0 Å². The van der Waals surface area contributed by atoms with Gasteiger partial charge in [0, 0.05) is 20.3 Å². The fourth-order valence-electron chi connectivity index (χ4n) is 5.71. The molecule has 25 heteroatoms. The summed E-state index contributed by atoms with van der Waals surface area (Å²) in [6, 6.07) is -3.28. The monoisotopic (exact) mass is 754 g/mol. The number of carboxylic acids is 1. The first-order chi connectivity index (χ1) is 23.2. The zero-order valence-electron chi connectivity index (χ0n) is 26.3. The second-order valence-electron chi connectivity index (χ2n) is 11.8. The Balaban J connectivity index is 1.99. The molecule has 3 rings (SSSR count). The summed E-state index contributed by atoms with van der Waals surface area (Å²) >= 11 is 0. The zero-order chi connectivity index (χ0) is 37.9. The van der Waals surface area contributed by atoms with Crippen molar-refractivity contribution in [2.45, 2.75) is 118 Å². The number of carbonyl (C=O) groups is 3. The van der Waals surface area contributed by atoms with E-state index < -0.39 is 152 Å². The fourth-order valence-corrected chi connectivity index (χ4v) is 6.01. The third-order valence-electron chi connectivity index (χ3n) is 8.07. The lowest BCUT2D eigenvalue weighted by molar-refractivity contribution is -0.382. The predicted octanol–water partition coefficient (Wildman–Crippen LogP) is -8.25. The van der Waals surface area contributed by atoms with E-state index in [1.165, 1.54) is 0 Å². The molecule has 0 bridgehead atoms. The zero-order valence-corrected chi connectivity index (χ0v) is 27.1. The van der Waals surface area contributed by atoms with Crippen LogP contribution in [0.25, 0.3) is 0 Å². The van der Waals surface area contributed by atoms with Crippen LogP contribution in [0.5, 0.6) is 0 Å². The summed E-state index contributed by atoms with van der Waals surface area (Å²) in [7, 11) is -5.15. The second-order valence-corrected chi connectivity index (χ2v) is 12.9. The molecule has 24 nitrogen and oxygen atoms in total. The molecule has 0 aromatic rings. The van der Waals surface area contributed by atoms with Crippen molar-refractivity contribution >= 4 is 28.2 Å². The number of hydrogen-bond acceptors (Lipinski definition) is 20. The van der Waals surface area contributed by atoms with Crippen LogP contribution in [0.3, 0.4) is 0 Å². The third kappa shape index (κ3) is 9.77. The average molecular weight is 755 g/mol. The number of aliphatic hydroxyl groups excluding tert-OH is 9. The van der Waals surface area contributed by atoms with Gasteiger partial charge in [-0.3, -0.25) is 14.1 Å². The van der Waals surface area contributed by atoms with Crippen LogP contribution >= 0.6 is 0 Å². The highest BCUT2D eigenvalue weighted by molar-refractivity contribution is 7.80. The first-order valence-electron chi connectivity index (χ1n) is 14.9. The van der Waals surface area contributed by atoms with Crippen molar-refractivity contribution in [3.05, 3.63) is 0 Å². The maximum Gasteiger partial charge on any atom is 0.397 e. The van der Waals surface area contributed by atoms with Crippen molar-refractivity contribution in [1.82, 2.24) is 10.6 Å². The number of amides is 2. The number of ether oxygens (including phenoxy) is 5. The lowest BCUT2D eigenvalue weighted by atomic mass is 9.88. The van der Waals surface area contributed by atoms with Crippen LogP contribution in [0, 0.1) is 0 Å². The summed E-state index contributed by atoms with van der Waals surface area (Å²) in [4.78, 5) is 36.2. The van der Waals surface area contributed by atoms with E-state index >= 15 is 0 Å². The highest BCUT2D eigenvalue weighted by atomic mass is 32.3. The Bertz CT molecular complexity index is 1290.